The van der Waals surface area contributed by atoms with Gasteiger partial charge in [-0.05, 0) is 56.3 Å². The molecule has 0 amide bonds. The molecule has 0 atom stereocenters. The molecule has 7 heteroatoms. The topological polar surface area (TPSA) is 89.9 Å². The van der Waals surface area contributed by atoms with E-state index < -0.39 is 0 Å². The van der Waals surface area contributed by atoms with Gasteiger partial charge in [0.15, 0.2) is 0 Å². The molecule has 226 valence electrons. The first-order valence-corrected chi connectivity index (χ1v) is 15.3. The van der Waals surface area contributed by atoms with Gasteiger partial charge in [-0.1, -0.05) is 83.1 Å². The zero-order chi connectivity index (χ0) is 31.2. The standard InChI is InChI=1S/C8H16O2.C7H16O.C7H14O.C6H12O2.C2H7P/c1-6(2)8(3,4)7(9)10-5;2*1-6(2)7(3,4)5-8;1-5(2)4-6(7)8-3;1-3-2/h6H,1-5H3;6,8H,5H2,1-4H3;5-6H,1-4H3;5H,4H2,1-3H3;3H,1-2H3. The molecule has 0 saturated carbocycles. The Kier molecular flexibility index (Phi) is 29.9. The van der Waals surface area contributed by atoms with Gasteiger partial charge in [-0.3, -0.25) is 9.59 Å². The smallest absolute Gasteiger partial charge is 0.311 e. The van der Waals surface area contributed by atoms with Crippen LogP contribution in [0.15, 0.2) is 0 Å². The summed E-state index contributed by atoms with van der Waals surface area (Å²) in [7, 11) is 3.91. The first-order chi connectivity index (χ1) is 16.5. The van der Waals surface area contributed by atoms with Crippen LogP contribution in [0.2, 0.25) is 0 Å². The third kappa shape index (κ3) is 27.8. The number of hydrogen-bond donors (Lipinski definition) is 1. The number of methoxy groups -OCH3 is 2. The fourth-order valence-corrected chi connectivity index (χ4v) is 1.23. The highest BCUT2D eigenvalue weighted by Gasteiger charge is 2.31. The molecular formula is C30H65O6P. The Labute approximate surface area is 233 Å². The third-order valence-corrected chi connectivity index (χ3v) is 6.72. The second kappa shape index (κ2) is 24.1. The van der Waals surface area contributed by atoms with E-state index in [-0.39, 0.29) is 34.8 Å². The van der Waals surface area contributed by atoms with Crippen molar-refractivity contribution in [3.8, 4) is 0 Å². The first kappa shape index (κ1) is 45.9. The fraction of sp³-hybridized carbons (Fsp3) is 0.900. The van der Waals surface area contributed by atoms with Crippen molar-refractivity contribution in [3.63, 3.8) is 0 Å². The number of carbonyl (C=O) groups is 3. The molecule has 0 heterocycles. The average molecular weight is 553 g/mol. The van der Waals surface area contributed by atoms with Gasteiger partial charge in [-0.15, -0.1) is 8.58 Å². The van der Waals surface area contributed by atoms with Crippen LogP contribution < -0.4 is 0 Å². The third-order valence-electron chi connectivity index (χ3n) is 6.72. The van der Waals surface area contributed by atoms with Crippen molar-refractivity contribution in [2.45, 2.75) is 103 Å². The van der Waals surface area contributed by atoms with E-state index in [0.29, 0.717) is 30.1 Å². The Bertz CT molecular complexity index is 564. The number of hydrogen-bond acceptors (Lipinski definition) is 6. The van der Waals surface area contributed by atoms with E-state index in [2.05, 4.69) is 64.3 Å². The van der Waals surface area contributed by atoms with Crippen molar-refractivity contribution >= 4 is 26.8 Å². The molecule has 0 aromatic rings. The summed E-state index contributed by atoms with van der Waals surface area (Å²) < 4.78 is 9.06. The van der Waals surface area contributed by atoms with Gasteiger partial charge in [0.1, 0.15) is 6.29 Å². The van der Waals surface area contributed by atoms with Crippen molar-refractivity contribution < 1.29 is 29.0 Å². The van der Waals surface area contributed by atoms with Gasteiger partial charge in [0.05, 0.1) is 19.6 Å². The molecule has 0 aliphatic heterocycles. The highest BCUT2D eigenvalue weighted by molar-refractivity contribution is 7.35. The van der Waals surface area contributed by atoms with E-state index in [0.717, 1.165) is 14.9 Å². The van der Waals surface area contributed by atoms with E-state index in [9.17, 15) is 14.4 Å². The van der Waals surface area contributed by atoms with Gasteiger partial charge in [-0.2, -0.15) is 0 Å². The van der Waals surface area contributed by atoms with E-state index in [1.54, 1.807) is 0 Å². The van der Waals surface area contributed by atoms with E-state index in [4.69, 9.17) is 5.11 Å². The fourth-order valence-electron chi connectivity index (χ4n) is 1.23. The highest BCUT2D eigenvalue weighted by atomic mass is 31.1. The highest BCUT2D eigenvalue weighted by Crippen LogP contribution is 2.27. The van der Waals surface area contributed by atoms with Crippen LogP contribution in [-0.4, -0.2) is 57.5 Å². The molecule has 0 bridgehead atoms. The molecule has 0 rings (SSSR count). The van der Waals surface area contributed by atoms with Crippen molar-refractivity contribution in [2.24, 2.45) is 39.9 Å². The molecule has 0 aromatic carbocycles. The zero-order valence-corrected chi connectivity index (χ0v) is 28.8. The Morgan fingerprint density at radius 3 is 1.22 bits per heavy atom. The summed E-state index contributed by atoms with van der Waals surface area (Å²) in [6.45, 7) is 32.7. The summed E-state index contributed by atoms with van der Waals surface area (Å²) in [5.74, 6) is 1.47. The Balaban J connectivity index is -0.000000119. The maximum atomic E-state index is 11.1. The molecule has 0 aliphatic carbocycles. The molecule has 0 fully saturated rings. The number of carbonyl (C=O) groups excluding carboxylic acids is 3. The predicted molar refractivity (Wildman–Crippen MR) is 163 cm³/mol. The van der Waals surface area contributed by atoms with Crippen LogP contribution in [0.5, 0.6) is 0 Å². The summed E-state index contributed by atoms with van der Waals surface area (Å²) in [6, 6.07) is 0. The minimum atomic E-state index is -0.352. The quantitative estimate of drug-likeness (QED) is 0.190. The molecule has 0 saturated heterocycles. The summed E-state index contributed by atoms with van der Waals surface area (Å²) in [6.07, 6.45) is 1.54. The lowest BCUT2D eigenvalue weighted by Crippen LogP contribution is -2.30. The average Bonchev–Trinajstić information content (AvgIpc) is 2.79. The number of aliphatic hydroxyl groups excluding tert-OH is 1. The van der Waals surface area contributed by atoms with Crippen molar-refractivity contribution in [1.82, 2.24) is 0 Å². The van der Waals surface area contributed by atoms with E-state index in [1.807, 2.05) is 55.4 Å². The monoisotopic (exact) mass is 552 g/mol. The summed E-state index contributed by atoms with van der Waals surface area (Å²) >= 11 is 0. The van der Waals surface area contributed by atoms with Gasteiger partial charge in [-0.25, -0.2) is 0 Å². The van der Waals surface area contributed by atoms with Gasteiger partial charge >= 0.3 is 11.9 Å². The second-order valence-corrected chi connectivity index (χ2v) is 13.4. The van der Waals surface area contributed by atoms with Gasteiger partial charge < -0.3 is 19.4 Å². The lowest BCUT2D eigenvalue weighted by Gasteiger charge is -2.25. The zero-order valence-electron chi connectivity index (χ0n) is 27.8. The van der Waals surface area contributed by atoms with Crippen molar-refractivity contribution in [1.29, 1.82) is 0 Å². The molecule has 0 unspecified atom stereocenters. The van der Waals surface area contributed by atoms with Gasteiger partial charge in [0, 0.05) is 18.4 Å². The number of aliphatic hydroxyl groups is 1. The minimum Gasteiger partial charge on any atom is -0.469 e. The SMILES string of the molecule is CC(C)C(C)(C)C=O.CC(C)C(C)(C)CO.COC(=O)C(C)(C)C(C)C.COC(=O)CC(C)C.CPC. The molecular weight excluding hydrogens is 487 g/mol. The summed E-state index contributed by atoms with van der Waals surface area (Å²) in [5, 5.41) is 8.76. The Hall–Kier alpha value is -1.00. The number of aldehydes is 1. The van der Waals surface area contributed by atoms with Crippen molar-refractivity contribution in [2.75, 3.05) is 34.2 Å². The van der Waals surface area contributed by atoms with Crippen molar-refractivity contribution in [3.05, 3.63) is 0 Å². The summed E-state index contributed by atoms with van der Waals surface area (Å²) in [4.78, 5) is 31.7. The van der Waals surface area contributed by atoms with Crippen LogP contribution in [0.25, 0.3) is 0 Å². The van der Waals surface area contributed by atoms with E-state index in [1.165, 1.54) is 14.2 Å². The van der Waals surface area contributed by atoms with Gasteiger partial charge in [0.25, 0.3) is 0 Å². The normalized spacial score (nSPS) is 11.1. The maximum absolute atomic E-state index is 11.1. The number of ether oxygens (including phenoxy) is 2. The lowest BCUT2D eigenvalue weighted by molar-refractivity contribution is -0.153. The molecule has 0 radical (unpaired) electrons. The Morgan fingerprint density at radius 2 is 1.16 bits per heavy atom. The number of rotatable bonds is 8. The minimum absolute atomic E-state index is 0.0972. The second-order valence-electron chi connectivity index (χ2n) is 12.4. The number of esters is 2. The van der Waals surface area contributed by atoms with Crippen LogP contribution >= 0.6 is 8.58 Å². The summed E-state index contributed by atoms with van der Waals surface area (Å²) in [5.41, 5.74) is -0.394. The van der Waals surface area contributed by atoms with Crippen LogP contribution in [0.4, 0.5) is 0 Å². The predicted octanol–water partition coefficient (Wildman–Crippen LogP) is 7.50. The molecule has 37 heavy (non-hydrogen) atoms. The van der Waals surface area contributed by atoms with Gasteiger partial charge in [0.2, 0.25) is 0 Å². The van der Waals surface area contributed by atoms with Crippen LogP contribution in [-0.2, 0) is 23.9 Å². The van der Waals surface area contributed by atoms with Crippen LogP contribution in [0, 0.1) is 39.9 Å². The van der Waals surface area contributed by atoms with E-state index >= 15 is 0 Å². The largest absolute Gasteiger partial charge is 0.469 e. The Morgan fingerprint density at radius 1 is 0.784 bits per heavy atom. The maximum Gasteiger partial charge on any atom is 0.311 e. The lowest BCUT2D eigenvalue weighted by atomic mass is 9.81. The first-order valence-electron chi connectivity index (χ1n) is 13.3. The molecule has 0 aliphatic rings. The van der Waals surface area contributed by atoms with Crippen LogP contribution in [0.3, 0.4) is 0 Å². The molecule has 6 nitrogen and oxygen atoms in total. The molecule has 0 aromatic heterocycles. The molecule has 0 spiro atoms. The van der Waals surface area contributed by atoms with Crippen LogP contribution in [0.1, 0.15) is 103 Å². The molecule has 1 N–H and O–H groups in total.